The summed E-state index contributed by atoms with van der Waals surface area (Å²) in [6.07, 6.45) is 0. The second-order valence-electron chi connectivity index (χ2n) is 3.39. The molecule has 1 aromatic heterocycles. The summed E-state index contributed by atoms with van der Waals surface area (Å²) in [6, 6.07) is 1.85. The molecule has 0 fully saturated rings. The summed E-state index contributed by atoms with van der Waals surface area (Å²) >= 11 is 0. The van der Waals surface area contributed by atoms with Crippen LogP contribution in [0, 0.1) is 13.8 Å². The van der Waals surface area contributed by atoms with Gasteiger partial charge in [0.1, 0.15) is 18.2 Å². The van der Waals surface area contributed by atoms with Crippen molar-refractivity contribution < 1.29 is 9.53 Å². The normalized spacial score (nSPS) is 10.1. The van der Waals surface area contributed by atoms with Gasteiger partial charge in [-0.05, 0) is 13.8 Å². The van der Waals surface area contributed by atoms with Gasteiger partial charge in [-0.1, -0.05) is 0 Å². The summed E-state index contributed by atoms with van der Waals surface area (Å²) in [7, 11) is 0. The molecule has 6 heteroatoms. The van der Waals surface area contributed by atoms with Crippen molar-refractivity contribution in [3.63, 3.8) is 0 Å². The lowest BCUT2D eigenvalue weighted by Gasteiger charge is -2.06. The molecule has 0 saturated carbocycles. The Morgan fingerprint density at radius 3 is 2.88 bits per heavy atom. The second kappa shape index (κ2) is 6.02. The van der Waals surface area contributed by atoms with Crippen LogP contribution in [-0.2, 0) is 9.53 Å². The molecule has 3 N–H and O–H groups in total. The molecule has 0 aliphatic heterocycles. The maximum atomic E-state index is 10.4. The zero-order valence-electron chi connectivity index (χ0n) is 9.49. The molecule has 6 nitrogen and oxygen atoms in total. The van der Waals surface area contributed by atoms with Crippen molar-refractivity contribution in [2.45, 2.75) is 13.8 Å². The van der Waals surface area contributed by atoms with Crippen molar-refractivity contribution in [3.05, 3.63) is 17.6 Å². The molecule has 0 aromatic carbocycles. The molecule has 0 saturated heterocycles. The van der Waals surface area contributed by atoms with E-state index in [9.17, 15) is 4.79 Å². The number of hydrogen-bond acceptors (Lipinski definition) is 5. The third kappa shape index (κ3) is 4.70. The van der Waals surface area contributed by atoms with Crippen LogP contribution in [0.25, 0.3) is 0 Å². The highest BCUT2D eigenvalue weighted by molar-refractivity contribution is 5.74. The Bertz CT molecular complexity index is 348. The van der Waals surface area contributed by atoms with Gasteiger partial charge >= 0.3 is 0 Å². The minimum atomic E-state index is -0.464. The number of amides is 1. The molecule has 1 amide bonds. The van der Waals surface area contributed by atoms with Crippen LogP contribution in [0.5, 0.6) is 0 Å². The SMILES string of the molecule is Cc1cc(NCCOCC(N)=O)nc(C)n1. The molecule has 1 heterocycles. The van der Waals surface area contributed by atoms with Crippen molar-refractivity contribution in [2.75, 3.05) is 25.1 Å². The Morgan fingerprint density at radius 2 is 2.25 bits per heavy atom. The number of nitrogens with two attached hydrogens (primary N) is 1. The van der Waals surface area contributed by atoms with E-state index in [1.165, 1.54) is 0 Å². The predicted octanol–water partition coefficient (Wildman–Crippen LogP) is 0.00724. The van der Waals surface area contributed by atoms with E-state index in [4.69, 9.17) is 10.5 Å². The maximum absolute atomic E-state index is 10.4. The Morgan fingerprint density at radius 1 is 1.50 bits per heavy atom. The first-order chi connectivity index (χ1) is 7.58. The topological polar surface area (TPSA) is 90.1 Å². The third-order valence-electron chi connectivity index (χ3n) is 1.76. The lowest BCUT2D eigenvalue weighted by Crippen LogP contribution is -2.20. The number of ether oxygens (including phenoxy) is 1. The highest BCUT2D eigenvalue weighted by Gasteiger charge is 1.98. The molecule has 1 aromatic rings. The van der Waals surface area contributed by atoms with Crippen LogP contribution in [0.4, 0.5) is 5.82 Å². The van der Waals surface area contributed by atoms with Gasteiger partial charge in [0.25, 0.3) is 0 Å². The van der Waals surface area contributed by atoms with E-state index < -0.39 is 5.91 Å². The third-order valence-corrected chi connectivity index (χ3v) is 1.76. The smallest absolute Gasteiger partial charge is 0.243 e. The number of rotatable bonds is 6. The van der Waals surface area contributed by atoms with E-state index >= 15 is 0 Å². The Kier molecular flexibility index (Phi) is 4.65. The first-order valence-corrected chi connectivity index (χ1v) is 5.00. The van der Waals surface area contributed by atoms with Crippen LogP contribution in [-0.4, -0.2) is 35.6 Å². The van der Waals surface area contributed by atoms with Gasteiger partial charge in [-0.3, -0.25) is 4.79 Å². The quantitative estimate of drug-likeness (QED) is 0.664. The van der Waals surface area contributed by atoms with E-state index in [0.717, 1.165) is 17.3 Å². The van der Waals surface area contributed by atoms with E-state index in [-0.39, 0.29) is 6.61 Å². The van der Waals surface area contributed by atoms with Crippen molar-refractivity contribution in [1.82, 2.24) is 9.97 Å². The highest BCUT2D eigenvalue weighted by atomic mass is 16.5. The molecule has 1 rings (SSSR count). The summed E-state index contributed by atoms with van der Waals surface area (Å²) in [5.41, 5.74) is 5.83. The summed E-state index contributed by atoms with van der Waals surface area (Å²) in [5.74, 6) is 1.02. The largest absolute Gasteiger partial charge is 0.370 e. The fraction of sp³-hybridized carbons (Fsp3) is 0.500. The van der Waals surface area contributed by atoms with Gasteiger partial charge in [0.05, 0.1) is 6.61 Å². The molecule has 88 valence electrons. The lowest BCUT2D eigenvalue weighted by atomic mass is 10.4. The fourth-order valence-electron chi connectivity index (χ4n) is 1.23. The molecule has 0 bridgehead atoms. The predicted molar refractivity (Wildman–Crippen MR) is 60.0 cm³/mol. The van der Waals surface area contributed by atoms with Gasteiger partial charge in [0.15, 0.2) is 0 Å². The van der Waals surface area contributed by atoms with Gasteiger partial charge in [-0.15, -0.1) is 0 Å². The molecular weight excluding hydrogens is 208 g/mol. The molecule has 16 heavy (non-hydrogen) atoms. The number of carbonyl (C=O) groups excluding carboxylic acids is 1. The highest BCUT2D eigenvalue weighted by Crippen LogP contribution is 2.04. The minimum absolute atomic E-state index is 0.0521. The number of nitrogens with zero attached hydrogens (tertiary/aromatic N) is 2. The first kappa shape index (κ1) is 12.4. The Labute approximate surface area is 94.2 Å². The average molecular weight is 224 g/mol. The molecule has 0 spiro atoms. The second-order valence-corrected chi connectivity index (χ2v) is 3.39. The number of aromatic nitrogens is 2. The summed E-state index contributed by atoms with van der Waals surface area (Å²) in [6.45, 7) is 4.67. The number of anilines is 1. The van der Waals surface area contributed by atoms with Crippen LogP contribution < -0.4 is 11.1 Å². The van der Waals surface area contributed by atoms with Crippen LogP contribution in [0.1, 0.15) is 11.5 Å². The fourth-order valence-corrected chi connectivity index (χ4v) is 1.23. The molecule has 0 atom stereocenters. The average Bonchev–Trinajstić information content (AvgIpc) is 2.15. The van der Waals surface area contributed by atoms with Crippen LogP contribution in [0.2, 0.25) is 0 Å². The number of aryl methyl sites for hydroxylation is 2. The summed E-state index contributed by atoms with van der Waals surface area (Å²) in [5, 5.41) is 3.07. The van der Waals surface area contributed by atoms with Gasteiger partial charge in [0.2, 0.25) is 5.91 Å². The van der Waals surface area contributed by atoms with Crippen molar-refractivity contribution >= 4 is 11.7 Å². The Hall–Kier alpha value is -1.69. The van der Waals surface area contributed by atoms with Gasteiger partial charge < -0.3 is 15.8 Å². The van der Waals surface area contributed by atoms with E-state index in [2.05, 4.69) is 15.3 Å². The number of primary amides is 1. The van der Waals surface area contributed by atoms with E-state index in [1.54, 1.807) is 0 Å². The first-order valence-electron chi connectivity index (χ1n) is 5.00. The minimum Gasteiger partial charge on any atom is -0.370 e. The molecule has 0 aliphatic rings. The molecule has 0 aliphatic carbocycles. The van der Waals surface area contributed by atoms with Gasteiger partial charge in [-0.25, -0.2) is 9.97 Å². The monoisotopic (exact) mass is 224 g/mol. The van der Waals surface area contributed by atoms with Crippen LogP contribution in [0.3, 0.4) is 0 Å². The number of carbonyl (C=O) groups is 1. The van der Waals surface area contributed by atoms with Crippen LogP contribution >= 0.6 is 0 Å². The molecule has 0 radical (unpaired) electrons. The lowest BCUT2D eigenvalue weighted by molar-refractivity contribution is -0.122. The van der Waals surface area contributed by atoms with E-state index in [1.807, 2.05) is 19.9 Å². The van der Waals surface area contributed by atoms with Crippen molar-refractivity contribution in [3.8, 4) is 0 Å². The Balaban J connectivity index is 2.29. The van der Waals surface area contributed by atoms with Gasteiger partial charge in [0, 0.05) is 18.3 Å². The standard InChI is InChI=1S/C10H16N4O2/c1-7-5-10(14-8(2)13-7)12-3-4-16-6-9(11)15/h5H,3-4,6H2,1-2H3,(H2,11,15)(H,12,13,14). The summed E-state index contributed by atoms with van der Waals surface area (Å²) < 4.78 is 5.00. The van der Waals surface area contributed by atoms with Crippen molar-refractivity contribution in [2.24, 2.45) is 5.73 Å². The zero-order chi connectivity index (χ0) is 12.0. The number of hydrogen-bond donors (Lipinski definition) is 2. The van der Waals surface area contributed by atoms with Crippen molar-refractivity contribution in [1.29, 1.82) is 0 Å². The van der Waals surface area contributed by atoms with E-state index in [0.29, 0.717) is 13.2 Å². The molecule has 0 unspecified atom stereocenters. The number of nitrogens with one attached hydrogen (secondary N) is 1. The summed E-state index contributed by atoms with van der Waals surface area (Å²) in [4.78, 5) is 18.7. The van der Waals surface area contributed by atoms with Crippen LogP contribution in [0.15, 0.2) is 6.07 Å². The maximum Gasteiger partial charge on any atom is 0.243 e. The molecular formula is C10H16N4O2. The zero-order valence-corrected chi connectivity index (χ0v) is 9.49. The van der Waals surface area contributed by atoms with Gasteiger partial charge in [-0.2, -0.15) is 0 Å².